The molecule has 160 valence electrons. The largest absolute Gasteiger partial charge is 0.337 e. The predicted octanol–water partition coefficient (Wildman–Crippen LogP) is 3.97. The van der Waals surface area contributed by atoms with Crippen LogP contribution in [0.5, 0.6) is 0 Å². The van der Waals surface area contributed by atoms with Gasteiger partial charge in [-0.2, -0.15) is 4.98 Å². The maximum absolute atomic E-state index is 12.7. The van der Waals surface area contributed by atoms with Crippen LogP contribution in [0.3, 0.4) is 0 Å². The molecule has 0 N–H and O–H groups in total. The van der Waals surface area contributed by atoms with Crippen LogP contribution in [0.2, 0.25) is 0 Å². The maximum atomic E-state index is 12.7. The van der Waals surface area contributed by atoms with Crippen LogP contribution in [0.4, 0.5) is 0 Å². The molecule has 0 saturated heterocycles. The number of rotatable bonds is 9. The Bertz CT molecular complexity index is 999. The fraction of sp³-hybridized carbons (Fsp3) is 0.524. The second-order valence-electron chi connectivity index (χ2n) is 7.71. The molecule has 3 aromatic rings. The van der Waals surface area contributed by atoms with Crippen molar-refractivity contribution in [2.45, 2.75) is 52.6 Å². The number of aromatic nitrogens is 4. The highest BCUT2D eigenvalue weighted by molar-refractivity contribution is 7.13. The van der Waals surface area contributed by atoms with E-state index in [1.54, 1.807) is 18.3 Å². The van der Waals surface area contributed by atoms with Crippen molar-refractivity contribution >= 4 is 17.2 Å². The van der Waals surface area contributed by atoms with Crippen molar-refractivity contribution in [3.63, 3.8) is 0 Å². The van der Waals surface area contributed by atoms with Crippen molar-refractivity contribution in [2.24, 2.45) is 0 Å². The highest BCUT2D eigenvalue weighted by Gasteiger charge is 2.29. The number of unbranched alkanes of at least 4 members (excludes halogenated alkanes) is 2. The molecule has 4 heterocycles. The highest BCUT2D eigenvalue weighted by Crippen LogP contribution is 2.32. The SMILES string of the molecule is CCCCN(CCCC)Cc1nc(-c2ncn3c2CN(C)C(=O)c2ccsc2-3)no1. The summed E-state index contributed by atoms with van der Waals surface area (Å²) in [4.78, 5) is 25.9. The highest BCUT2D eigenvalue weighted by atomic mass is 32.1. The number of fused-ring (bicyclic) bond motifs is 3. The minimum atomic E-state index is 0.0113. The standard InChI is InChI=1S/C21H28N6O2S/c1-4-6-9-26(10-7-5-2)13-17-23-19(24-29-17)18-16-12-25(3)20(28)15-8-11-30-21(15)27(16)14-22-18/h8,11,14H,4-7,9-10,12-13H2,1-3H3. The average Bonchev–Trinajstić information content (AvgIpc) is 3.47. The molecule has 0 saturated carbocycles. The van der Waals surface area contributed by atoms with Crippen molar-refractivity contribution in [3.05, 3.63) is 34.9 Å². The molecule has 1 aliphatic heterocycles. The number of thiophene rings is 1. The molecule has 0 unspecified atom stereocenters. The number of carbonyl (C=O) groups excluding carboxylic acids is 1. The van der Waals surface area contributed by atoms with E-state index in [-0.39, 0.29) is 5.91 Å². The van der Waals surface area contributed by atoms with Crippen molar-refractivity contribution in [1.82, 2.24) is 29.5 Å². The van der Waals surface area contributed by atoms with Gasteiger partial charge in [-0.05, 0) is 37.4 Å². The van der Waals surface area contributed by atoms with Crippen LogP contribution < -0.4 is 0 Å². The third-order valence-corrected chi connectivity index (χ3v) is 6.30. The van der Waals surface area contributed by atoms with Gasteiger partial charge in [0, 0.05) is 7.05 Å². The number of hydrogen-bond acceptors (Lipinski definition) is 7. The zero-order valence-corrected chi connectivity index (χ0v) is 18.6. The Morgan fingerprint density at radius 1 is 1.23 bits per heavy atom. The van der Waals surface area contributed by atoms with Crippen LogP contribution in [0.25, 0.3) is 16.5 Å². The van der Waals surface area contributed by atoms with E-state index in [0.717, 1.165) is 49.5 Å². The maximum Gasteiger partial charge on any atom is 0.256 e. The van der Waals surface area contributed by atoms with E-state index >= 15 is 0 Å². The van der Waals surface area contributed by atoms with Gasteiger partial charge in [0.05, 0.1) is 24.3 Å². The summed E-state index contributed by atoms with van der Waals surface area (Å²) in [5.74, 6) is 1.09. The van der Waals surface area contributed by atoms with E-state index in [0.29, 0.717) is 36.1 Å². The van der Waals surface area contributed by atoms with Gasteiger partial charge in [-0.25, -0.2) is 4.98 Å². The van der Waals surface area contributed by atoms with Crippen molar-refractivity contribution in [2.75, 3.05) is 20.1 Å². The third-order valence-electron chi connectivity index (χ3n) is 5.39. The first-order valence-corrected chi connectivity index (χ1v) is 11.4. The number of hydrogen-bond donors (Lipinski definition) is 0. The first-order chi connectivity index (χ1) is 14.6. The summed E-state index contributed by atoms with van der Waals surface area (Å²) >= 11 is 1.53. The molecule has 0 fully saturated rings. The van der Waals surface area contributed by atoms with Gasteiger partial charge in [0.15, 0.2) is 0 Å². The summed E-state index contributed by atoms with van der Waals surface area (Å²) in [6.07, 6.45) is 6.38. The quantitative estimate of drug-likeness (QED) is 0.513. The number of amides is 1. The third kappa shape index (κ3) is 4.04. The molecular weight excluding hydrogens is 400 g/mol. The van der Waals surface area contributed by atoms with E-state index in [4.69, 9.17) is 4.52 Å². The Balaban J connectivity index is 1.59. The van der Waals surface area contributed by atoms with Crippen LogP contribution >= 0.6 is 11.3 Å². The van der Waals surface area contributed by atoms with E-state index in [2.05, 4.69) is 33.9 Å². The molecule has 0 spiro atoms. The first kappa shape index (κ1) is 20.7. The van der Waals surface area contributed by atoms with Gasteiger partial charge < -0.3 is 9.42 Å². The summed E-state index contributed by atoms with van der Waals surface area (Å²) in [5.41, 5.74) is 2.26. The molecule has 0 aliphatic carbocycles. The van der Waals surface area contributed by atoms with Gasteiger partial charge in [-0.3, -0.25) is 14.3 Å². The summed E-state index contributed by atoms with van der Waals surface area (Å²) in [6, 6.07) is 1.86. The Hall–Kier alpha value is -2.52. The lowest BCUT2D eigenvalue weighted by Crippen LogP contribution is -2.25. The Morgan fingerprint density at radius 2 is 2.00 bits per heavy atom. The first-order valence-electron chi connectivity index (χ1n) is 10.6. The monoisotopic (exact) mass is 428 g/mol. The molecule has 0 atom stereocenters. The van der Waals surface area contributed by atoms with Crippen molar-refractivity contribution in [1.29, 1.82) is 0 Å². The van der Waals surface area contributed by atoms with Gasteiger partial charge >= 0.3 is 0 Å². The molecule has 0 bridgehead atoms. The molecule has 4 rings (SSSR count). The molecule has 3 aromatic heterocycles. The fourth-order valence-electron chi connectivity index (χ4n) is 3.68. The summed E-state index contributed by atoms with van der Waals surface area (Å²) < 4.78 is 7.55. The number of nitrogens with zero attached hydrogens (tertiary/aromatic N) is 6. The van der Waals surface area contributed by atoms with E-state index < -0.39 is 0 Å². The summed E-state index contributed by atoms with van der Waals surface area (Å²) in [5, 5.41) is 7.02. The molecule has 9 heteroatoms. The topological polar surface area (TPSA) is 80.3 Å². The summed E-state index contributed by atoms with van der Waals surface area (Å²) in [7, 11) is 1.80. The number of carbonyl (C=O) groups is 1. The molecule has 1 amide bonds. The Kier molecular flexibility index (Phi) is 6.29. The lowest BCUT2D eigenvalue weighted by molar-refractivity contribution is 0.0788. The van der Waals surface area contributed by atoms with Crippen LogP contribution in [0, 0.1) is 0 Å². The van der Waals surface area contributed by atoms with E-state index in [1.165, 1.54) is 11.3 Å². The molecule has 8 nitrogen and oxygen atoms in total. The van der Waals surface area contributed by atoms with Gasteiger partial charge in [0.1, 0.15) is 17.0 Å². The van der Waals surface area contributed by atoms with E-state index in [1.807, 2.05) is 16.0 Å². The fourth-order valence-corrected chi connectivity index (χ4v) is 4.57. The smallest absolute Gasteiger partial charge is 0.256 e. The zero-order chi connectivity index (χ0) is 21.1. The second kappa shape index (κ2) is 9.09. The molecule has 1 aliphatic rings. The van der Waals surface area contributed by atoms with Crippen LogP contribution in [0.15, 0.2) is 22.3 Å². The molecule has 30 heavy (non-hydrogen) atoms. The minimum absolute atomic E-state index is 0.0113. The number of imidazole rings is 1. The molecular formula is C21H28N6O2S. The minimum Gasteiger partial charge on any atom is -0.337 e. The van der Waals surface area contributed by atoms with Gasteiger partial charge in [0.25, 0.3) is 5.91 Å². The van der Waals surface area contributed by atoms with Crippen molar-refractivity contribution < 1.29 is 9.32 Å². The van der Waals surface area contributed by atoms with E-state index in [9.17, 15) is 4.79 Å². The second-order valence-corrected chi connectivity index (χ2v) is 8.60. The predicted molar refractivity (Wildman–Crippen MR) is 116 cm³/mol. The summed E-state index contributed by atoms with van der Waals surface area (Å²) in [6.45, 7) is 7.56. The lowest BCUT2D eigenvalue weighted by atomic mass is 10.2. The van der Waals surface area contributed by atoms with Crippen LogP contribution in [-0.4, -0.2) is 55.5 Å². The van der Waals surface area contributed by atoms with Gasteiger partial charge in [-0.1, -0.05) is 31.8 Å². The normalized spacial score (nSPS) is 13.6. The van der Waals surface area contributed by atoms with Gasteiger partial charge in [0.2, 0.25) is 11.7 Å². The molecule has 0 aromatic carbocycles. The van der Waals surface area contributed by atoms with Crippen LogP contribution in [-0.2, 0) is 13.1 Å². The lowest BCUT2D eigenvalue weighted by Gasteiger charge is -2.19. The molecule has 0 radical (unpaired) electrons. The van der Waals surface area contributed by atoms with Gasteiger partial charge in [-0.15, -0.1) is 11.3 Å². The van der Waals surface area contributed by atoms with Crippen LogP contribution in [0.1, 0.15) is 61.5 Å². The zero-order valence-electron chi connectivity index (χ0n) is 17.8. The average molecular weight is 429 g/mol. The Morgan fingerprint density at radius 3 is 2.73 bits per heavy atom. The van der Waals surface area contributed by atoms with Crippen molar-refractivity contribution in [3.8, 4) is 16.5 Å². The Labute approximate surface area is 180 Å².